The van der Waals surface area contributed by atoms with Crippen LogP contribution >= 0.6 is 0 Å². The van der Waals surface area contributed by atoms with Gasteiger partial charge in [-0.1, -0.05) is 68.0 Å². The highest BCUT2D eigenvalue weighted by atomic mass is 15.0. The molecule has 0 radical (unpaired) electrons. The van der Waals surface area contributed by atoms with Gasteiger partial charge < -0.3 is 5.32 Å². The molecule has 4 rings (SSSR count). The van der Waals surface area contributed by atoms with Crippen LogP contribution in [0.3, 0.4) is 0 Å². The van der Waals surface area contributed by atoms with Crippen LogP contribution < -0.4 is 15.9 Å². The molecule has 4 nitrogen and oxygen atoms in total. The number of rotatable bonds is 5. The molecular formula is C26H26N4. The second-order valence-electron chi connectivity index (χ2n) is 7.24. The zero-order valence-corrected chi connectivity index (χ0v) is 17.7. The van der Waals surface area contributed by atoms with Crippen molar-refractivity contribution in [3.63, 3.8) is 0 Å². The molecule has 0 amide bonds. The number of hydrogen-bond donors (Lipinski definition) is 1. The quantitative estimate of drug-likeness (QED) is 0.523. The number of pyridine rings is 1. The average Bonchev–Trinajstić information content (AvgIpc) is 2.80. The maximum Gasteiger partial charge on any atom is 0.162 e. The summed E-state index contributed by atoms with van der Waals surface area (Å²) in [4.78, 5) is 14.3. The third-order valence-electron chi connectivity index (χ3n) is 5.34. The zero-order valence-electron chi connectivity index (χ0n) is 17.7. The second kappa shape index (κ2) is 8.87. The number of anilines is 1. The van der Waals surface area contributed by atoms with Crippen LogP contribution in [0.15, 0.2) is 72.9 Å². The van der Waals surface area contributed by atoms with Gasteiger partial charge in [0, 0.05) is 28.1 Å². The summed E-state index contributed by atoms with van der Waals surface area (Å²) in [5.41, 5.74) is 4.29. The largest absolute Gasteiger partial charge is 0.341 e. The topological polar surface area (TPSA) is 50.7 Å². The number of fused-ring (bicyclic) bond motifs is 1. The molecule has 2 heterocycles. The number of nitrogens with one attached hydrogen (secondary N) is 1. The summed E-state index contributed by atoms with van der Waals surface area (Å²) in [6.45, 7) is 6.46. The molecule has 2 aromatic heterocycles. The monoisotopic (exact) mass is 394 g/mol. The fourth-order valence-corrected chi connectivity index (χ4v) is 3.75. The minimum atomic E-state index is 0.709. The Labute approximate surface area is 177 Å². The second-order valence-corrected chi connectivity index (χ2v) is 7.24. The van der Waals surface area contributed by atoms with Crippen molar-refractivity contribution in [2.24, 2.45) is 0 Å². The third-order valence-corrected chi connectivity index (χ3v) is 5.34. The van der Waals surface area contributed by atoms with Gasteiger partial charge in [0.05, 0.1) is 10.9 Å². The number of hydrogen-bond acceptors (Lipinski definition) is 4. The van der Waals surface area contributed by atoms with Gasteiger partial charge in [0.2, 0.25) is 0 Å². The highest BCUT2D eigenvalue weighted by Gasteiger charge is 2.10. The molecule has 0 aliphatic carbocycles. The Morgan fingerprint density at radius 2 is 1.57 bits per heavy atom. The zero-order chi connectivity index (χ0) is 20.9. The van der Waals surface area contributed by atoms with Crippen LogP contribution in [0.5, 0.6) is 0 Å². The molecule has 30 heavy (non-hydrogen) atoms. The fourth-order valence-electron chi connectivity index (χ4n) is 3.75. The summed E-state index contributed by atoms with van der Waals surface area (Å²) >= 11 is 0. The van der Waals surface area contributed by atoms with Crippen LogP contribution in [0, 0.1) is 0 Å². The first-order valence-corrected chi connectivity index (χ1v) is 10.4. The standard InChI is InChI=1S/C26H26N4/c1-4-19(5-2)21-15-11-17-27-24(21)18(3)28-26-22-14-9-10-16-23(22)29-25(30-26)20-12-7-6-8-13-20/h6-17H,4-5H2,1-3H3,(H,28,29,30)/b24-18-. The van der Waals surface area contributed by atoms with Gasteiger partial charge >= 0.3 is 0 Å². The first-order chi connectivity index (χ1) is 14.7. The smallest absolute Gasteiger partial charge is 0.162 e. The van der Waals surface area contributed by atoms with Gasteiger partial charge in [0.1, 0.15) is 5.82 Å². The van der Waals surface area contributed by atoms with E-state index in [9.17, 15) is 0 Å². The van der Waals surface area contributed by atoms with Gasteiger partial charge in [-0.15, -0.1) is 0 Å². The molecule has 4 heteroatoms. The van der Waals surface area contributed by atoms with Crippen molar-refractivity contribution in [3.8, 4) is 11.4 Å². The van der Waals surface area contributed by atoms with Crippen molar-refractivity contribution in [1.29, 1.82) is 0 Å². The van der Waals surface area contributed by atoms with E-state index in [1.54, 1.807) is 0 Å². The SMILES string of the molecule is CCC(CC)=c1cccn/c1=C(/C)Nc1nc(-c2ccccc2)nc2ccccc12. The summed E-state index contributed by atoms with van der Waals surface area (Å²) in [7, 11) is 0. The summed E-state index contributed by atoms with van der Waals surface area (Å²) in [6, 6.07) is 22.3. The van der Waals surface area contributed by atoms with Crippen molar-refractivity contribution < 1.29 is 0 Å². The lowest BCUT2D eigenvalue weighted by Gasteiger charge is -2.12. The minimum absolute atomic E-state index is 0.709. The Morgan fingerprint density at radius 3 is 2.33 bits per heavy atom. The Balaban J connectivity index is 1.92. The molecule has 0 saturated carbocycles. The normalized spacial score (nSPS) is 12.0. The van der Waals surface area contributed by atoms with Crippen LogP contribution in [0.4, 0.5) is 5.82 Å². The van der Waals surface area contributed by atoms with Gasteiger partial charge in [-0.25, -0.2) is 9.97 Å². The maximum absolute atomic E-state index is 4.87. The number of para-hydroxylation sites is 1. The maximum atomic E-state index is 4.87. The van der Waals surface area contributed by atoms with Gasteiger partial charge in [-0.2, -0.15) is 0 Å². The van der Waals surface area contributed by atoms with Crippen LogP contribution in [0.2, 0.25) is 0 Å². The Bertz CT molecular complexity index is 1290. The first kappa shape index (κ1) is 19.8. The van der Waals surface area contributed by atoms with Crippen molar-refractivity contribution in [1.82, 2.24) is 15.0 Å². The van der Waals surface area contributed by atoms with Crippen molar-refractivity contribution in [2.45, 2.75) is 33.6 Å². The Morgan fingerprint density at radius 1 is 0.833 bits per heavy atom. The fraction of sp³-hybridized carbons (Fsp3) is 0.192. The lowest BCUT2D eigenvalue weighted by atomic mass is 10.1. The molecule has 0 unspecified atom stereocenters. The Hall–Kier alpha value is -3.53. The Kier molecular flexibility index (Phi) is 5.84. The molecule has 0 saturated heterocycles. The predicted molar refractivity (Wildman–Crippen MR) is 125 cm³/mol. The summed E-state index contributed by atoms with van der Waals surface area (Å²) < 4.78 is 0. The molecule has 0 aliphatic heterocycles. The molecule has 0 spiro atoms. The van der Waals surface area contributed by atoms with E-state index in [1.807, 2.05) is 60.8 Å². The lowest BCUT2D eigenvalue weighted by Crippen LogP contribution is -2.33. The molecular weight excluding hydrogens is 368 g/mol. The van der Waals surface area contributed by atoms with Crippen LogP contribution in [-0.2, 0) is 0 Å². The lowest BCUT2D eigenvalue weighted by molar-refractivity contribution is 1.07. The summed E-state index contributed by atoms with van der Waals surface area (Å²) in [5.74, 6) is 1.50. The van der Waals surface area contributed by atoms with E-state index in [-0.39, 0.29) is 0 Å². The highest BCUT2D eigenvalue weighted by Crippen LogP contribution is 2.25. The minimum Gasteiger partial charge on any atom is -0.341 e. The molecule has 150 valence electrons. The van der Waals surface area contributed by atoms with Crippen molar-refractivity contribution in [2.75, 3.05) is 5.32 Å². The van der Waals surface area contributed by atoms with Gasteiger partial charge in [-0.05, 0) is 38.0 Å². The van der Waals surface area contributed by atoms with Crippen LogP contribution in [0.25, 0.3) is 33.6 Å². The van der Waals surface area contributed by atoms with Gasteiger partial charge in [0.15, 0.2) is 5.82 Å². The third kappa shape index (κ3) is 3.94. The molecule has 0 aliphatic rings. The summed E-state index contributed by atoms with van der Waals surface area (Å²) in [5, 5.41) is 6.71. The number of benzene rings is 2. The number of aromatic nitrogens is 3. The average molecular weight is 395 g/mol. The molecule has 1 N–H and O–H groups in total. The van der Waals surface area contributed by atoms with Crippen LogP contribution in [-0.4, -0.2) is 15.0 Å². The molecule has 0 atom stereocenters. The van der Waals surface area contributed by atoms with E-state index >= 15 is 0 Å². The van der Waals surface area contributed by atoms with Gasteiger partial charge in [0.25, 0.3) is 0 Å². The highest BCUT2D eigenvalue weighted by molar-refractivity contribution is 5.92. The summed E-state index contributed by atoms with van der Waals surface area (Å²) in [6.07, 6.45) is 3.87. The molecule has 4 aromatic rings. The van der Waals surface area contributed by atoms with E-state index in [0.29, 0.717) is 5.82 Å². The van der Waals surface area contributed by atoms with E-state index < -0.39 is 0 Å². The van der Waals surface area contributed by atoms with Crippen LogP contribution in [0.1, 0.15) is 33.6 Å². The molecule has 0 bridgehead atoms. The van der Waals surface area contributed by atoms with E-state index in [2.05, 4.69) is 43.2 Å². The molecule has 2 aromatic carbocycles. The predicted octanol–water partition coefficient (Wildman–Crippen LogP) is 4.90. The van der Waals surface area contributed by atoms with Crippen molar-refractivity contribution >= 4 is 28.0 Å². The van der Waals surface area contributed by atoms with E-state index in [4.69, 9.17) is 9.97 Å². The van der Waals surface area contributed by atoms with E-state index in [1.165, 1.54) is 10.8 Å². The van der Waals surface area contributed by atoms with Gasteiger partial charge in [-0.3, -0.25) is 4.98 Å². The first-order valence-electron chi connectivity index (χ1n) is 10.4. The van der Waals surface area contributed by atoms with E-state index in [0.717, 1.165) is 46.2 Å². The van der Waals surface area contributed by atoms with Crippen molar-refractivity contribution in [3.05, 3.63) is 83.5 Å². The number of nitrogens with zero attached hydrogens (tertiary/aromatic N) is 3. The molecule has 0 fully saturated rings.